The Labute approximate surface area is 133 Å². The molecule has 0 saturated carbocycles. The van der Waals surface area contributed by atoms with Gasteiger partial charge in [0.15, 0.2) is 0 Å². The van der Waals surface area contributed by atoms with Gasteiger partial charge in [-0.05, 0) is 18.1 Å². The van der Waals surface area contributed by atoms with Crippen molar-refractivity contribution in [3.05, 3.63) is 83.9 Å². The molecule has 1 fully saturated rings. The van der Waals surface area contributed by atoms with Crippen LogP contribution >= 0.6 is 0 Å². The molecule has 0 atom stereocenters. The van der Waals surface area contributed by atoms with Crippen molar-refractivity contribution in [1.29, 1.82) is 0 Å². The normalized spacial score (nSPS) is 16.3. The first kappa shape index (κ1) is 15.0. The minimum Gasteiger partial charge on any atom is -0.371 e. The SMILES string of the molecule is CC=CCOC1CN(C(c2ccccc2)c2ccccc2)C1. The molecular weight excluding hydrogens is 270 g/mol. The number of hydrogen-bond donors (Lipinski definition) is 0. The Hall–Kier alpha value is -1.90. The standard InChI is InChI=1S/C20H23NO/c1-2-3-14-22-19-15-21(16-19)20(17-10-6-4-7-11-17)18-12-8-5-9-13-18/h2-13,19-20H,14-16H2,1H3. The summed E-state index contributed by atoms with van der Waals surface area (Å²) in [6, 6.07) is 21.8. The molecule has 2 heteroatoms. The van der Waals surface area contributed by atoms with Gasteiger partial charge in [0.25, 0.3) is 0 Å². The Balaban J connectivity index is 1.72. The molecule has 114 valence electrons. The molecule has 2 aromatic rings. The molecule has 0 bridgehead atoms. The molecular formula is C20H23NO. The number of hydrogen-bond acceptors (Lipinski definition) is 2. The van der Waals surface area contributed by atoms with Gasteiger partial charge in [-0.15, -0.1) is 0 Å². The molecule has 0 radical (unpaired) electrons. The Morgan fingerprint density at radius 1 is 1.00 bits per heavy atom. The van der Waals surface area contributed by atoms with Crippen LogP contribution in [0.1, 0.15) is 24.1 Å². The van der Waals surface area contributed by atoms with Crippen LogP contribution in [0.5, 0.6) is 0 Å². The molecule has 0 unspecified atom stereocenters. The number of ether oxygens (including phenoxy) is 1. The van der Waals surface area contributed by atoms with Gasteiger partial charge in [0.2, 0.25) is 0 Å². The average molecular weight is 293 g/mol. The van der Waals surface area contributed by atoms with Crippen molar-refractivity contribution >= 4 is 0 Å². The molecule has 0 aliphatic carbocycles. The van der Waals surface area contributed by atoms with E-state index in [1.807, 2.05) is 13.0 Å². The Morgan fingerprint density at radius 2 is 1.55 bits per heavy atom. The van der Waals surface area contributed by atoms with Crippen LogP contribution in [0.4, 0.5) is 0 Å². The smallest absolute Gasteiger partial charge is 0.0833 e. The van der Waals surface area contributed by atoms with E-state index in [-0.39, 0.29) is 0 Å². The van der Waals surface area contributed by atoms with Crippen LogP contribution in [0, 0.1) is 0 Å². The fourth-order valence-electron chi connectivity index (χ4n) is 2.96. The third-order valence-electron chi connectivity index (χ3n) is 4.14. The van der Waals surface area contributed by atoms with Gasteiger partial charge in [0, 0.05) is 13.1 Å². The molecule has 1 heterocycles. The number of nitrogens with zero attached hydrogens (tertiary/aromatic N) is 1. The van der Waals surface area contributed by atoms with Gasteiger partial charge in [0.05, 0.1) is 18.8 Å². The minimum atomic E-state index is 0.323. The van der Waals surface area contributed by atoms with E-state index in [1.165, 1.54) is 11.1 Å². The second kappa shape index (κ2) is 7.39. The summed E-state index contributed by atoms with van der Waals surface area (Å²) < 4.78 is 5.84. The van der Waals surface area contributed by atoms with Gasteiger partial charge in [-0.1, -0.05) is 72.8 Å². The van der Waals surface area contributed by atoms with Crippen LogP contribution in [0.2, 0.25) is 0 Å². The van der Waals surface area contributed by atoms with Gasteiger partial charge in [-0.3, -0.25) is 4.90 Å². The molecule has 1 aliphatic rings. The zero-order chi connectivity index (χ0) is 15.2. The van der Waals surface area contributed by atoms with Gasteiger partial charge in [-0.25, -0.2) is 0 Å². The van der Waals surface area contributed by atoms with Crippen molar-refractivity contribution in [2.45, 2.75) is 19.1 Å². The van der Waals surface area contributed by atoms with E-state index < -0.39 is 0 Å². The first-order valence-corrected chi connectivity index (χ1v) is 7.95. The lowest BCUT2D eigenvalue weighted by molar-refractivity contribution is -0.0569. The van der Waals surface area contributed by atoms with Crippen molar-refractivity contribution in [3.8, 4) is 0 Å². The summed E-state index contributed by atoms with van der Waals surface area (Å²) >= 11 is 0. The van der Waals surface area contributed by atoms with Crippen LogP contribution in [0.3, 0.4) is 0 Å². The van der Waals surface area contributed by atoms with Crippen molar-refractivity contribution in [1.82, 2.24) is 4.90 Å². The zero-order valence-electron chi connectivity index (χ0n) is 13.1. The molecule has 22 heavy (non-hydrogen) atoms. The summed E-state index contributed by atoms with van der Waals surface area (Å²) in [6.45, 7) is 4.73. The predicted molar refractivity (Wildman–Crippen MR) is 90.9 cm³/mol. The second-order valence-electron chi connectivity index (χ2n) is 5.70. The molecule has 0 amide bonds. The maximum atomic E-state index is 5.84. The molecule has 0 aromatic heterocycles. The molecule has 0 N–H and O–H groups in total. The summed E-state index contributed by atoms with van der Waals surface area (Å²) in [5.74, 6) is 0. The Kier molecular flexibility index (Phi) is 5.04. The lowest BCUT2D eigenvalue weighted by Gasteiger charge is -2.44. The maximum Gasteiger partial charge on any atom is 0.0833 e. The predicted octanol–water partition coefficient (Wildman–Crippen LogP) is 4.05. The third-order valence-corrected chi connectivity index (χ3v) is 4.14. The fourth-order valence-corrected chi connectivity index (χ4v) is 2.96. The van der Waals surface area contributed by atoms with E-state index in [4.69, 9.17) is 4.74 Å². The zero-order valence-corrected chi connectivity index (χ0v) is 13.1. The highest BCUT2D eigenvalue weighted by Crippen LogP contribution is 2.32. The first-order chi connectivity index (χ1) is 10.9. The summed E-state index contributed by atoms with van der Waals surface area (Å²) in [5, 5.41) is 0. The molecule has 0 spiro atoms. The number of rotatable bonds is 6. The van der Waals surface area contributed by atoms with Crippen LogP contribution in [-0.2, 0) is 4.74 Å². The monoisotopic (exact) mass is 293 g/mol. The van der Waals surface area contributed by atoms with Crippen LogP contribution in [0.15, 0.2) is 72.8 Å². The largest absolute Gasteiger partial charge is 0.371 e. The van der Waals surface area contributed by atoms with Crippen LogP contribution in [0.25, 0.3) is 0 Å². The van der Waals surface area contributed by atoms with E-state index in [0.717, 1.165) is 19.7 Å². The second-order valence-corrected chi connectivity index (χ2v) is 5.70. The highest BCUT2D eigenvalue weighted by Gasteiger charge is 2.34. The van der Waals surface area contributed by atoms with Gasteiger partial charge < -0.3 is 4.74 Å². The highest BCUT2D eigenvalue weighted by molar-refractivity contribution is 5.32. The van der Waals surface area contributed by atoms with E-state index in [1.54, 1.807) is 0 Å². The highest BCUT2D eigenvalue weighted by atomic mass is 16.5. The van der Waals surface area contributed by atoms with Gasteiger partial charge in [0.1, 0.15) is 0 Å². The third kappa shape index (κ3) is 3.46. The van der Waals surface area contributed by atoms with Crippen molar-refractivity contribution < 1.29 is 4.74 Å². The van der Waals surface area contributed by atoms with E-state index in [0.29, 0.717) is 12.1 Å². The van der Waals surface area contributed by atoms with Gasteiger partial charge >= 0.3 is 0 Å². The molecule has 2 nitrogen and oxygen atoms in total. The average Bonchev–Trinajstić information content (AvgIpc) is 2.54. The Morgan fingerprint density at radius 3 is 2.05 bits per heavy atom. The number of benzene rings is 2. The quantitative estimate of drug-likeness (QED) is 0.745. The molecule has 2 aromatic carbocycles. The summed E-state index contributed by atoms with van der Waals surface area (Å²) in [6.07, 6.45) is 4.45. The first-order valence-electron chi connectivity index (χ1n) is 7.95. The van der Waals surface area contributed by atoms with Gasteiger partial charge in [-0.2, -0.15) is 0 Å². The maximum absolute atomic E-state index is 5.84. The molecule has 1 aliphatic heterocycles. The van der Waals surface area contributed by atoms with E-state index in [2.05, 4.69) is 71.6 Å². The molecule has 3 rings (SSSR count). The summed E-state index contributed by atoms with van der Waals surface area (Å²) in [4.78, 5) is 2.49. The lowest BCUT2D eigenvalue weighted by atomic mass is 9.94. The van der Waals surface area contributed by atoms with Crippen molar-refractivity contribution in [2.24, 2.45) is 0 Å². The fraction of sp³-hybridized carbons (Fsp3) is 0.300. The van der Waals surface area contributed by atoms with E-state index >= 15 is 0 Å². The lowest BCUT2D eigenvalue weighted by Crippen LogP contribution is -2.53. The minimum absolute atomic E-state index is 0.323. The van der Waals surface area contributed by atoms with Crippen LogP contribution < -0.4 is 0 Å². The molecule has 1 saturated heterocycles. The van der Waals surface area contributed by atoms with Crippen molar-refractivity contribution in [3.63, 3.8) is 0 Å². The summed E-state index contributed by atoms with van der Waals surface area (Å²) in [7, 11) is 0. The topological polar surface area (TPSA) is 12.5 Å². The van der Waals surface area contributed by atoms with Crippen LogP contribution in [-0.4, -0.2) is 30.7 Å². The number of likely N-dealkylation sites (tertiary alicyclic amines) is 1. The Bertz CT molecular complexity index is 548. The summed E-state index contributed by atoms with van der Waals surface area (Å²) in [5.41, 5.74) is 2.70. The van der Waals surface area contributed by atoms with E-state index in [9.17, 15) is 0 Å². The van der Waals surface area contributed by atoms with Crippen molar-refractivity contribution in [2.75, 3.05) is 19.7 Å². The number of allylic oxidation sites excluding steroid dienone is 1.